The topological polar surface area (TPSA) is 60.0 Å². The number of rotatable bonds is 5. The first-order valence-electron chi connectivity index (χ1n) is 10.2. The highest BCUT2D eigenvalue weighted by Gasteiger charge is 2.40. The fourth-order valence-electron chi connectivity index (χ4n) is 4.38. The Morgan fingerprint density at radius 1 is 1.07 bits per heavy atom. The zero-order chi connectivity index (χ0) is 20.2. The molecule has 2 fully saturated rings. The number of nitrogens with zero attached hydrogens (tertiary/aromatic N) is 1. The third-order valence-electron chi connectivity index (χ3n) is 5.88. The molecule has 2 unspecified atom stereocenters. The summed E-state index contributed by atoms with van der Waals surface area (Å²) in [6, 6.07) is 16.1. The van der Waals surface area contributed by atoms with Crippen molar-refractivity contribution >= 4 is 5.91 Å². The lowest BCUT2D eigenvalue weighted by Gasteiger charge is -2.48. The second kappa shape index (κ2) is 8.84. The molecule has 0 spiro atoms. The summed E-state index contributed by atoms with van der Waals surface area (Å²) in [5, 5.41) is 3.10. The molecule has 0 bridgehead atoms. The van der Waals surface area contributed by atoms with Crippen molar-refractivity contribution in [3.05, 3.63) is 59.7 Å². The molecule has 2 aliphatic rings. The Morgan fingerprint density at radius 3 is 2.62 bits per heavy atom. The van der Waals surface area contributed by atoms with Crippen LogP contribution < -0.4 is 14.8 Å². The monoisotopic (exact) mass is 396 g/mol. The number of ether oxygens (including phenoxy) is 3. The lowest BCUT2D eigenvalue weighted by atomic mass is 9.93. The van der Waals surface area contributed by atoms with Gasteiger partial charge in [-0.1, -0.05) is 36.8 Å². The molecule has 0 aromatic heterocycles. The molecular weight excluding hydrogens is 368 g/mol. The molecule has 6 heteroatoms. The minimum absolute atomic E-state index is 0.167. The SMILES string of the molecule is COc1ccc(C(=O)NC2OCC(c3ccccc3)N3CCCC[C@@H]23)cc1OC. The van der Waals surface area contributed by atoms with Crippen molar-refractivity contribution in [1.29, 1.82) is 0 Å². The van der Waals surface area contributed by atoms with Crippen LogP contribution in [0.3, 0.4) is 0 Å². The molecule has 2 aromatic rings. The highest BCUT2D eigenvalue weighted by atomic mass is 16.5. The van der Waals surface area contributed by atoms with Crippen LogP contribution >= 0.6 is 0 Å². The fraction of sp³-hybridized carbons (Fsp3) is 0.435. The van der Waals surface area contributed by atoms with Crippen LogP contribution in [0, 0.1) is 0 Å². The minimum Gasteiger partial charge on any atom is -0.493 e. The van der Waals surface area contributed by atoms with Gasteiger partial charge in [0.1, 0.15) is 6.23 Å². The lowest BCUT2D eigenvalue weighted by Crippen LogP contribution is -2.60. The number of carbonyl (C=O) groups excluding carboxylic acids is 1. The lowest BCUT2D eigenvalue weighted by molar-refractivity contribution is -0.125. The first kappa shape index (κ1) is 19.7. The molecule has 1 N–H and O–H groups in total. The summed E-state index contributed by atoms with van der Waals surface area (Å²) in [6.45, 7) is 1.59. The maximum Gasteiger partial charge on any atom is 0.253 e. The van der Waals surface area contributed by atoms with E-state index in [0.29, 0.717) is 23.7 Å². The fourth-order valence-corrected chi connectivity index (χ4v) is 4.38. The Bertz CT molecular complexity index is 842. The third-order valence-corrected chi connectivity index (χ3v) is 5.88. The summed E-state index contributed by atoms with van der Waals surface area (Å²) in [5.41, 5.74) is 1.79. The third kappa shape index (κ3) is 4.09. The predicted molar refractivity (Wildman–Crippen MR) is 110 cm³/mol. The number of hydrogen-bond acceptors (Lipinski definition) is 5. The van der Waals surface area contributed by atoms with E-state index in [4.69, 9.17) is 14.2 Å². The molecule has 1 amide bonds. The Labute approximate surface area is 171 Å². The molecule has 6 nitrogen and oxygen atoms in total. The van der Waals surface area contributed by atoms with Crippen molar-refractivity contribution < 1.29 is 19.0 Å². The van der Waals surface area contributed by atoms with Crippen LogP contribution in [0.2, 0.25) is 0 Å². The van der Waals surface area contributed by atoms with Gasteiger partial charge in [-0.3, -0.25) is 9.69 Å². The highest BCUT2D eigenvalue weighted by molar-refractivity contribution is 5.95. The van der Waals surface area contributed by atoms with E-state index in [0.717, 1.165) is 19.4 Å². The minimum atomic E-state index is -0.323. The van der Waals surface area contributed by atoms with Crippen LogP contribution in [-0.2, 0) is 4.74 Å². The van der Waals surface area contributed by atoms with Gasteiger partial charge in [-0.15, -0.1) is 0 Å². The second-order valence-electron chi connectivity index (χ2n) is 7.52. The normalized spacial score (nSPS) is 24.4. The molecule has 29 heavy (non-hydrogen) atoms. The van der Waals surface area contributed by atoms with Gasteiger partial charge < -0.3 is 19.5 Å². The quantitative estimate of drug-likeness (QED) is 0.840. The summed E-state index contributed by atoms with van der Waals surface area (Å²) < 4.78 is 16.8. The summed E-state index contributed by atoms with van der Waals surface area (Å²) in [4.78, 5) is 15.4. The summed E-state index contributed by atoms with van der Waals surface area (Å²) in [6.07, 6.45) is 3.02. The molecule has 2 aromatic carbocycles. The van der Waals surface area contributed by atoms with Crippen molar-refractivity contribution in [1.82, 2.24) is 10.2 Å². The van der Waals surface area contributed by atoms with E-state index < -0.39 is 0 Å². The van der Waals surface area contributed by atoms with Gasteiger partial charge in [-0.05, 0) is 43.1 Å². The zero-order valence-electron chi connectivity index (χ0n) is 17.0. The maximum absolute atomic E-state index is 12.9. The number of amides is 1. The summed E-state index contributed by atoms with van der Waals surface area (Å²) in [5.74, 6) is 0.968. The second-order valence-corrected chi connectivity index (χ2v) is 7.52. The van der Waals surface area contributed by atoms with Crippen LogP contribution in [0.15, 0.2) is 48.5 Å². The molecule has 3 atom stereocenters. The average molecular weight is 396 g/mol. The first-order valence-corrected chi connectivity index (χ1v) is 10.2. The largest absolute Gasteiger partial charge is 0.493 e. The number of methoxy groups -OCH3 is 2. The van der Waals surface area contributed by atoms with Gasteiger partial charge in [0.05, 0.1) is 32.9 Å². The van der Waals surface area contributed by atoms with E-state index in [1.807, 2.05) is 6.07 Å². The molecule has 0 radical (unpaired) electrons. The zero-order valence-corrected chi connectivity index (χ0v) is 17.0. The first-order chi connectivity index (χ1) is 14.2. The van der Waals surface area contributed by atoms with Gasteiger partial charge >= 0.3 is 0 Å². The Balaban J connectivity index is 1.50. The Hall–Kier alpha value is -2.57. The van der Waals surface area contributed by atoms with E-state index in [1.165, 1.54) is 12.0 Å². The number of nitrogens with one attached hydrogen (secondary N) is 1. The average Bonchev–Trinajstić information content (AvgIpc) is 2.79. The molecule has 154 valence electrons. The number of carbonyl (C=O) groups is 1. The number of morpholine rings is 1. The van der Waals surface area contributed by atoms with Crippen LogP contribution in [-0.4, -0.2) is 50.4 Å². The molecule has 0 saturated carbocycles. The number of benzene rings is 2. The van der Waals surface area contributed by atoms with Crippen molar-refractivity contribution in [3.63, 3.8) is 0 Å². The molecule has 2 heterocycles. The molecular formula is C23H28N2O4. The molecule has 2 saturated heterocycles. The van der Waals surface area contributed by atoms with Crippen molar-refractivity contribution in [2.75, 3.05) is 27.4 Å². The number of fused-ring (bicyclic) bond motifs is 1. The van der Waals surface area contributed by atoms with Crippen LogP contribution in [0.4, 0.5) is 0 Å². The van der Waals surface area contributed by atoms with Crippen LogP contribution in [0.5, 0.6) is 11.5 Å². The molecule has 0 aliphatic carbocycles. The summed E-state index contributed by atoms with van der Waals surface area (Å²) >= 11 is 0. The van der Waals surface area contributed by atoms with Gasteiger partial charge in [0, 0.05) is 5.56 Å². The Kier molecular flexibility index (Phi) is 6.02. The van der Waals surface area contributed by atoms with Gasteiger partial charge in [-0.25, -0.2) is 0 Å². The van der Waals surface area contributed by atoms with E-state index in [2.05, 4.69) is 34.5 Å². The number of hydrogen-bond donors (Lipinski definition) is 1. The van der Waals surface area contributed by atoms with Crippen molar-refractivity contribution in [3.8, 4) is 11.5 Å². The van der Waals surface area contributed by atoms with E-state index in [1.54, 1.807) is 32.4 Å². The standard InChI is InChI=1S/C23H28N2O4/c1-27-20-12-11-17(14-21(20)28-2)22(26)24-23-18-10-6-7-13-25(18)19(15-29-23)16-8-4-3-5-9-16/h3-5,8-9,11-12,14,18-19,23H,6-7,10,13,15H2,1-2H3,(H,24,26)/t18-,19?,23?/m0/s1. The smallest absolute Gasteiger partial charge is 0.253 e. The van der Waals surface area contributed by atoms with E-state index in [9.17, 15) is 4.79 Å². The van der Waals surface area contributed by atoms with Gasteiger partial charge in [-0.2, -0.15) is 0 Å². The van der Waals surface area contributed by atoms with E-state index >= 15 is 0 Å². The predicted octanol–water partition coefficient (Wildman–Crippen LogP) is 3.39. The van der Waals surface area contributed by atoms with Crippen LogP contribution in [0.25, 0.3) is 0 Å². The van der Waals surface area contributed by atoms with E-state index in [-0.39, 0.29) is 24.2 Å². The van der Waals surface area contributed by atoms with Gasteiger partial charge in [0.2, 0.25) is 0 Å². The molecule has 4 rings (SSSR count). The van der Waals surface area contributed by atoms with Crippen molar-refractivity contribution in [2.24, 2.45) is 0 Å². The Morgan fingerprint density at radius 2 is 1.86 bits per heavy atom. The maximum atomic E-state index is 12.9. The molecule has 2 aliphatic heterocycles. The number of piperidine rings is 1. The highest BCUT2D eigenvalue weighted by Crippen LogP contribution is 2.35. The van der Waals surface area contributed by atoms with Crippen molar-refractivity contribution in [2.45, 2.75) is 37.6 Å². The summed E-state index contributed by atoms with van der Waals surface area (Å²) in [7, 11) is 3.14. The van der Waals surface area contributed by atoms with Gasteiger partial charge in [0.25, 0.3) is 5.91 Å². The van der Waals surface area contributed by atoms with Crippen LogP contribution in [0.1, 0.15) is 41.2 Å². The van der Waals surface area contributed by atoms with Gasteiger partial charge in [0.15, 0.2) is 11.5 Å².